The van der Waals surface area contributed by atoms with E-state index in [1.165, 1.54) is 0 Å². The van der Waals surface area contributed by atoms with E-state index in [-0.39, 0.29) is 0 Å². The average molecular weight is 291 g/mol. The lowest BCUT2D eigenvalue weighted by molar-refractivity contribution is 0.406. The minimum absolute atomic E-state index is 0.404. The molecule has 17 heavy (non-hydrogen) atoms. The molecule has 7 heteroatoms. The number of benzene rings is 1. The molecule has 0 aliphatic rings. The van der Waals surface area contributed by atoms with Crippen LogP contribution in [0.3, 0.4) is 0 Å². The van der Waals surface area contributed by atoms with Crippen molar-refractivity contribution in [3.63, 3.8) is 0 Å². The molecule has 0 aromatic heterocycles. The number of phenols is 1. The summed E-state index contributed by atoms with van der Waals surface area (Å²) in [4.78, 5) is -0.758. The van der Waals surface area contributed by atoms with E-state index in [1.807, 2.05) is 27.7 Å². The van der Waals surface area contributed by atoms with Crippen molar-refractivity contribution < 1.29 is 23.0 Å². The molecule has 0 unspecified atom stereocenters. The Morgan fingerprint density at radius 2 is 1.47 bits per heavy atom. The van der Waals surface area contributed by atoms with E-state index in [2.05, 4.69) is 0 Å². The van der Waals surface area contributed by atoms with Gasteiger partial charge < -0.3 is 5.11 Å². The predicted octanol–water partition coefficient (Wildman–Crippen LogP) is 4.99. The Kier molecular flexibility index (Phi) is 9.42. The highest BCUT2D eigenvalue weighted by Crippen LogP contribution is 2.56. The van der Waals surface area contributed by atoms with Gasteiger partial charge in [-0.25, -0.2) is 8.78 Å². The molecule has 1 aromatic rings. The summed E-state index contributed by atoms with van der Waals surface area (Å²) in [5.74, 6) is -3.40. The molecule has 0 saturated heterocycles. The van der Waals surface area contributed by atoms with Crippen molar-refractivity contribution >= 4 is 20.5 Å². The van der Waals surface area contributed by atoms with Crippen LogP contribution in [-0.4, -0.2) is 14.2 Å². The summed E-state index contributed by atoms with van der Waals surface area (Å²) in [5.41, 5.74) is 0. The molecule has 0 saturated carbocycles. The quantitative estimate of drug-likeness (QED) is 0.683. The molecular formula is C10H17ClF2O3S. The fourth-order valence-electron chi connectivity index (χ4n) is 0.740. The standard InChI is InChI=1S/C6H5ClF2O3S.2C2H6/c7-13(11,12)5-2-3(8)1-4(9)6(5)10;2*1-2/h1-2,10-12H;2*1-2H3. The van der Waals surface area contributed by atoms with Gasteiger partial charge >= 0.3 is 0 Å². The first-order valence-electron chi connectivity index (χ1n) is 4.98. The van der Waals surface area contributed by atoms with Gasteiger partial charge in [0.2, 0.25) is 0 Å². The third-order valence-electron chi connectivity index (χ3n) is 1.27. The van der Waals surface area contributed by atoms with Gasteiger partial charge in [-0.15, -0.1) is 0 Å². The van der Waals surface area contributed by atoms with Crippen LogP contribution in [-0.2, 0) is 0 Å². The topological polar surface area (TPSA) is 60.7 Å². The number of phenolic OH excluding ortho intramolecular Hbond substituents is 1. The third kappa shape index (κ3) is 6.07. The lowest BCUT2D eigenvalue weighted by atomic mass is 10.3. The number of aromatic hydroxyl groups is 1. The first kappa shape index (κ1) is 18.8. The van der Waals surface area contributed by atoms with E-state index in [0.29, 0.717) is 12.1 Å². The van der Waals surface area contributed by atoms with Gasteiger partial charge in [0.1, 0.15) is 10.7 Å². The van der Waals surface area contributed by atoms with Crippen LogP contribution >= 0.6 is 20.5 Å². The second kappa shape index (κ2) is 8.52. The SMILES string of the molecule is CC.CC.Oc1c(F)cc(F)cc1S(O)(O)Cl. The molecule has 3 nitrogen and oxygen atoms in total. The highest BCUT2D eigenvalue weighted by Gasteiger charge is 2.21. The highest BCUT2D eigenvalue weighted by molar-refractivity contribution is 8.43. The van der Waals surface area contributed by atoms with Crippen LogP contribution in [0.25, 0.3) is 0 Å². The average Bonchev–Trinajstić information content (AvgIpc) is 2.27. The molecule has 3 N–H and O–H groups in total. The van der Waals surface area contributed by atoms with Gasteiger partial charge in [0.15, 0.2) is 11.6 Å². The van der Waals surface area contributed by atoms with Crippen molar-refractivity contribution in [2.75, 3.05) is 0 Å². The molecule has 1 rings (SSSR count). The zero-order chi connectivity index (χ0) is 14.2. The van der Waals surface area contributed by atoms with Crippen molar-refractivity contribution in [2.45, 2.75) is 32.6 Å². The van der Waals surface area contributed by atoms with Gasteiger partial charge in [-0.2, -0.15) is 0 Å². The maximum Gasteiger partial charge on any atom is 0.176 e. The first-order chi connectivity index (χ1) is 7.82. The van der Waals surface area contributed by atoms with E-state index >= 15 is 0 Å². The van der Waals surface area contributed by atoms with E-state index in [1.54, 1.807) is 0 Å². The minimum atomic E-state index is -3.84. The molecule has 0 spiro atoms. The summed E-state index contributed by atoms with van der Waals surface area (Å²) in [7, 11) is 1.17. The van der Waals surface area contributed by atoms with Crippen molar-refractivity contribution in [3.8, 4) is 5.75 Å². The summed E-state index contributed by atoms with van der Waals surface area (Å²) in [5, 5.41) is 8.93. The first-order valence-corrected chi connectivity index (χ1v) is 7.35. The summed E-state index contributed by atoms with van der Waals surface area (Å²) in [6.07, 6.45) is 0. The van der Waals surface area contributed by atoms with Crippen LogP contribution in [0.5, 0.6) is 5.75 Å². The van der Waals surface area contributed by atoms with E-state index in [9.17, 15) is 8.78 Å². The van der Waals surface area contributed by atoms with E-state index < -0.39 is 32.1 Å². The van der Waals surface area contributed by atoms with Crippen LogP contribution in [0.1, 0.15) is 27.7 Å². The molecule has 0 aliphatic heterocycles. The second-order valence-corrected chi connectivity index (χ2v) is 4.90. The molecule has 1 aromatic carbocycles. The van der Waals surface area contributed by atoms with Gasteiger partial charge in [0, 0.05) is 22.8 Å². The number of rotatable bonds is 1. The lowest BCUT2D eigenvalue weighted by Gasteiger charge is -2.23. The predicted molar refractivity (Wildman–Crippen MR) is 67.7 cm³/mol. The van der Waals surface area contributed by atoms with Gasteiger partial charge in [-0.3, -0.25) is 9.11 Å². The largest absolute Gasteiger partial charge is 0.503 e. The molecule has 0 aliphatic carbocycles. The van der Waals surface area contributed by atoms with Crippen molar-refractivity contribution in [3.05, 3.63) is 23.8 Å². The molecule has 102 valence electrons. The monoisotopic (exact) mass is 290 g/mol. The molecule has 0 heterocycles. The Morgan fingerprint density at radius 1 is 1.06 bits per heavy atom. The Balaban J connectivity index is 0. The molecule has 0 radical (unpaired) electrons. The highest BCUT2D eigenvalue weighted by atomic mass is 35.7. The fourth-order valence-corrected chi connectivity index (χ4v) is 1.70. The molecular weight excluding hydrogens is 274 g/mol. The van der Waals surface area contributed by atoms with Crippen LogP contribution in [0, 0.1) is 11.6 Å². The van der Waals surface area contributed by atoms with Gasteiger partial charge in [0.05, 0.1) is 0 Å². The van der Waals surface area contributed by atoms with Crippen LogP contribution < -0.4 is 0 Å². The maximum atomic E-state index is 12.6. The van der Waals surface area contributed by atoms with Crippen LogP contribution in [0.15, 0.2) is 17.0 Å². The Hall–Kier alpha value is -0.560. The molecule has 0 atom stereocenters. The Labute approximate surface area is 106 Å². The Morgan fingerprint density at radius 3 is 1.82 bits per heavy atom. The maximum absolute atomic E-state index is 12.6. The summed E-state index contributed by atoms with van der Waals surface area (Å²) in [6.45, 7) is 8.00. The third-order valence-corrected chi connectivity index (χ3v) is 2.64. The van der Waals surface area contributed by atoms with Crippen LogP contribution in [0.2, 0.25) is 0 Å². The normalized spacial score (nSPS) is 10.6. The fraction of sp³-hybridized carbons (Fsp3) is 0.400. The number of halogens is 3. The van der Waals surface area contributed by atoms with E-state index in [4.69, 9.17) is 24.9 Å². The van der Waals surface area contributed by atoms with Gasteiger partial charge in [-0.1, -0.05) is 37.5 Å². The van der Waals surface area contributed by atoms with Gasteiger partial charge in [-0.05, 0) is 0 Å². The Bertz CT molecular complexity index is 343. The summed E-state index contributed by atoms with van der Waals surface area (Å²) < 4.78 is 42.8. The minimum Gasteiger partial charge on any atom is -0.503 e. The summed E-state index contributed by atoms with van der Waals surface area (Å²) in [6, 6.07) is 0.960. The van der Waals surface area contributed by atoms with Crippen molar-refractivity contribution in [1.29, 1.82) is 0 Å². The van der Waals surface area contributed by atoms with Crippen molar-refractivity contribution in [1.82, 2.24) is 0 Å². The molecule has 0 amide bonds. The zero-order valence-corrected chi connectivity index (χ0v) is 11.6. The second-order valence-electron chi connectivity index (χ2n) is 2.21. The zero-order valence-electron chi connectivity index (χ0n) is 10.0. The summed E-state index contributed by atoms with van der Waals surface area (Å²) >= 11 is 0. The van der Waals surface area contributed by atoms with Gasteiger partial charge in [0.25, 0.3) is 0 Å². The number of hydrogen-bond donors (Lipinski definition) is 3. The van der Waals surface area contributed by atoms with Crippen LogP contribution in [0.4, 0.5) is 8.78 Å². The molecule has 0 fully saturated rings. The lowest BCUT2D eigenvalue weighted by Crippen LogP contribution is -1.93. The van der Waals surface area contributed by atoms with Crippen molar-refractivity contribution in [2.24, 2.45) is 0 Å². The number of hydrogen-bond acceptors (Lipinski definition) is 3. The van der Waals surface area contributed by atoms with E-state index in [0.717, 1.165) is 0 Å². The smallest absolute Gasteiger partial charge is 0.176 e. The molecule has 0 bridgehead atoms.